The van der Waals surface area contributed by atoms with Gasteiger partial charge in [0, 0.05) is 26.1 Å². The van der Waals surface area contributed by atoms with Crippen LogP contribution in [-0.4, -0.2) is 36.0 Å². The van der Waals surface area contributed by atoms with E-state index < -0.39 is 5.54 Å². The number of piperazine rings is 1. The average molecular weight is 221 g/mol. The molecule has 1 amide bonds. The fraction of sp³-hybridized carbons (Fsp3) is 0.833. The zero-order chi connectivity index (χ0) is 11.8. The van der Waals surface area contributed by atoms with Crippen molar-refractivity contribution in [2.75, 3.05) is 19.6 Å². The fourth-order valence-electron chi connectivity index (χ4n) is 2.36. The lowest BCUT2D eigenvalue weighted by molar-refractivity contribution is -0.135. The van der Waals surface area contributed by atoms with E-state index in [1.165, 1.54) is 0 Å². The number of carbonyl (C=O) groups excluding carboxylic acids is 1. The first-order valence-electron chi connectivity index (χ1n) is 5.91. The number of nitrogens with one attached hydrogen (secondary N) is 1. The molecule has 1 aliphatic carbocycles. The summed E-state index contributed by atoms with van der Waals surface area (Å²) in [6, 6.07) is 2.27. The van der Waals surface area contributed by atoms with Gasteiger partial charge in [0.1, 0.15) is 0 Å². The van der Waals surface area contributed by atoms with Crippen molar-refractivity contribution in [2.45, 2.75) is 38.6 Å². The molecule has 2 fully saturated rings. The van der Waals surface area contributed by atoms with Crippen LogP contribution in [0.25, 0.3) is 0 Å². The predicted octanol–water partition coefficient (Wildman–Crippen LogP) is 0.891. The molecule has 1 saturated carbocycles. The van der Waals surface area contributed by atoms with E-state index in [1.54, 1.807) is 0 Å². The van der Waals surface area contributed by atoms with Gasteiger partial charge in [-0.3, -0.25) is 9.69 Å². The van der Waals surface area contributed by atoms with E-state index in [0.717, 1.165) is 32.5 Å². The van der Waals surface area contributed by atoms with E-state index in [4.69, 9.17) is 5.26 Å². The summed E-state index contributed by atoms with van der Waals surface area (Å²) in [6.07, 6.45) is 2.89. The van der Waals surface area contributed by atoms with Crippen molar-refractivity contribution in [2.24, 2.45) is 5.41 Å². The van der Waals surface area contributed by atoms with Crippen molar-refractivity contribution in [1.29, 1.82) is 5.26 Å². The molecule has 4 nitrogen and oxygen atoms in total. The van der Waals surface area contributed by atoms with E-state index in [2.05, 4.69) is 16.3 Å². The van der Waals surface area contributed by atoms with Gasteiger partial charge in [-0.15, -0.1) is 0 Å². The Morgan fingerprint density at radius 3 is 2.75 bits per heavy atom. The third kappa shape index (κ3) is 1.92. The van der Waals surface area contributed by atoms with E-state index in [0.29, 0.717) is 6.42 Å². The second-order valence-electron chi connectivity index (χ2n) is 5.57. The lowest BCUT2D eigenvalue weighted by Gasteiger charge is -2.42. The summed E-state index contributed by atoms with van der Waals surface area (Å²) < 4.78 is 0. The summed E-state index contributed by atoms with van der Waals surface area (Å²) in [5.74, 6) is 0.103. The first kappa shape index (κ1) is 11.4. The number of nitrogens with zero attached hydrogens (tertiary/aromatic N) is 2. The number of hydrogen-bond acceptors (Lipinski definition) is 3. The Hall–Kier alpha value is -1.08. The third-order valence-corrected chi connectivity index (χ3v) is 3.95. The topological polar surface area (TPSA) is 56.1 Å². The highest BCUT2D eigenvalue weighted by Crippen LogP contribution is 2.49. The van der Waals surface area contributed by atoms with Gasteiger partial charge in [0.05, 0.1) is 11.6 Å². The van der Waals surface area contributed by atoms with Crippen molar-refractivity contribution in [3.8, 4) is 6.07 Å². The zero-order valence-electron chi connectivity index (χ0n) is 10.0. The molecule has 1 N–H and O–H groups in total. The second-order valence-corrected chi connectivity index (χ2v) is 5.57. The molecule has 0 aromatic rings. The molecule has 1 heterocycles. The van der Waals surface area contributed by atoms with Crippen LogP contribution in [0.5, 0.6) is 0 Å². The minimum atomic E-state index is -0.427. The maximum atomic E-state index is 11.8. The van der Waals surface area contributed by atoms with Crippen molar-refractivity contribution >= 4 is 5.91 Å². The lowest BCUT2D eigenvalue weighted by Crippen LogP contribution is -2.62. The van der Waals surface area contributed by atoms with E-state index in [-0.39, 0.29) is 11.3 Å². The molecule has 16 heavy (non-hydrogen) atoms. The van der Waals surface area contributed by atoms with Gasteiger partial charge in [-0.05, 0) is 32.1 Å². The Morgan fingerprint density at radius 1 is 1.50 bits per heavy atom. The minimum Gasteiger partial charge on any atom is -0.353 e. The van der Waals surface area contributed by atoms with Gasteiger partial charge in [0.15, 0.2) is 0 Å². The molecule has 0 radical (unpaired) electrons. The van der Waals surface area contributed by atoms with Gasteiger partial charge >= 0.3 is 0 Å². The second kappa shape index (κ2) is 3.74. The Labute approximate surface area is 96.6 Å². The summed E-state index contributed by atoms with van der Waals surface area (Å²) in [5.41, 5.74) is -0.243. The van der Waals surface area contributed by atoms with Crippen LogP contribution in [0, 0.1) is 16.7 Å². The van der Waals surface area contributed by atoms with Crippen LogP contribution >= 0.6 is 0 Å². The monoisotopic (exact) mass is 221 g/mol. The molecule has 1 saturated heterocycles. The van der Waals surface area contributed by atoms with Gasteiger partial charge in [0.25, 0.3) is 0 Å². The Kier molecular flexibility index (Phi) is 2.67. The Morgan fingerprint density at radius 2 is 2.19 bits per heavy atom. The summed E-state index contributed by atoms with van der Waals surface area (Å²) in [6.45, 7) is 6.44. The highest BCUT2D eigenvalue weighted by atomic mass is 16.2. The standard InChI is InChI=1S/C12H19N3O/c1-11(2)10(16)14-7-8-15(11)9-12(3-4-12)5-6-13/h3-5,7-9H2,1-2H3,(H,14,16). The quantitative estimate of drug-likeness (QED) is 0.770. The van der Waals surface area contributed by atoms with Crippen LogP contribution in [-0.2, 0) is 4.79 Å². The number of hydrogen-bond donors (Lipinski definition) is 1. The third-order valence-electron chi connectivity index (χ3n) is 3.95. The first-order valence-corrected chi connectivity index (χ1v) is 5.91. The molecule has 0 bridgehead atoms. The first-order chi connectivity index (χ1) is 7.50. The van der Waals surface area contributed by atoms with Gasteiger partial charge < -0.3 is 5.32 Å². The number of nitriles is 1. The van der Waals surface area contributed by atoms with Gasteiger partial charge in [0.2, 0.25) is 5.91 Å². The van der Waals surface area contributed by atoms with Crippen molar-refractivity contribution in [1.82, 2.24) is 10.2 Å². The SMILES string of the molecule is CC1(C)C(=O)NCCN1CC1(CC#N)CC1. The Bertz CT molecular complexity index is 339. The normalized spacial score (nSPS) is 26.9. The number of carbonyl (C=O) groups is 1. The molecule has 0 unspecified atom stereocenters. The largest absolute Gasteiger partial charge is 0.353 e. The summed E-state index contributed by atoms with van der Waals surface area (Å²) in [7, 11) is 0. The fourth-order valence-corrected chi connectivity index (χ4v) is 2.36. The molecular weight excluding hydrogens is 202 g/mol. The predicted molar refractivity (Wildman–Crippen MR) is 60.6 cm³/mol. The van der Waals surface area contributed by atoms with E-state index >= 15 is 0 Å². The summed E-state index contributed by atoms with van der Waals surface area (Å²) in [5, 5.41) is 11.7. The number of rotatable bonds is 3. The Balaban J connectivity index is 2.04. The number of amides is 1. The molecule has 2 rings (SSSR count). The van der Waals surface area contributed by atoms with Crippen LogP contribution in [0.3, 0.4) is 0 Å². The maximum absolute atomic E-state index is 11.8. The van der Waals surface area contributed by atoms with Crippen molar-refractivity contribution < 1.29 is 4.79 Å². The minimum absolute atomic E-state index is 0.103. The van der Waals surface area contributed by atoms with Gasteiger partial charge in [-0.1, -0.05) is 0 Å². The highest BCUT2D eigenvalue weighted by Gasteiger charge is 2.48. The van der Waals surface area contributed by atoms with Crippen LogP contribution < -0.4 is 5.32 Å². The molecule has 0 aromatic carbocycles. The van der Waals surface area contributed by atoms with E-state index in [1.807, 2.05) is 13.8 Å². The van der Waals surface area contributed by atoms with Gasteiger partial charge in [-0.25, -0.2) is 0 Å². The van der Waals surface area contributed by atoms with Crippen LogP contribution in [0.4, 0.5) is 0 Å². The molecule has 0 atom stereocenters. The van der Waals surface area contributed by atoms with Crippen LogP contribution in [0.2, 0.25) is 0 Å². The molecule has 0 spiro atoms. The molecule has 4 heteroatoms. The maximum Gasteiger partial charge on any atom is 0.239 e. The van der Waals surface area contributed by atoms with Crippen LogP contribution in [0.15, 0.2) is 0 Å². The van der Waals surface area contributed by atoms with Gasteiger partial charge in [-0.2, -0.15) is 5.26 Å². The average Bonchev–Trinajstić information content (AvgIpc) is 2.95. The summed E-state index contributed by atoms with van der Waals surface area (Å²) in [4.78, 5) is 14.0. The molecule has 88 valence electrons. The molecular formula is C12H19N3O. The molecule has 2 aliphatic rings. The van der Waals surface area contributed by atoms with Crippen molar-refractivity contribution in [3.05, 3.63) is 0 Å². The van der Waals surface area contributed by atoms with Crippen molar-refractivity contribution in [3.63, 3.8) is 0 Å². The van der Waals surface area contributed by atoms with E-state index in [9.17, 15) is 4.79 Å². The summed E-state index contributed by atoms with van der Waals surface area (Å²) >= 11 is 0. The highest BCUT2D eigenvalue weighted by molar-refractivity contribution is 5.86. The smallest absolute Gasteiger partial charge is 0.239 e. The zero-order valence-corrected chi connectivity index (χ0v) is 10.0. The molecule has 1 aliphatic heterocycles. The molecule has 0 aromatic heterocycles. The lowest BCUT2D eigenvalue weighted by atomic mass is 9.94. The van der Waals surface area contributed by atoms with Crippen LogP contribution in [0.1, 0.15) is 33.1 Å².